The molecule has 2 rings (SSSR count). The lowest BCUT2D eigenvalue weighted by molar-refractivity contribution is 0.615. The van der Waals surface area contributed by atoms with Gasteiger partial charge in [-0.05, 0) is 23.3 Å². The van der Waals surface area contributed by atoms with Crippen LogP contribution in [-0.2, 0) is 0 Å². The van der Waals surface area contributed by atoms with Gasteiger partial charge >= 0.3 is 7.48 Å². The topological polar surface area (TPSA) is 20.2 Å². The largest absolute Gasteiger partial charge is 0.449 e. The third-order valence-electron chi connectivity index (χ3n) is 2.31. The molecule has 0 saturated heterocycles. The monoisotopic (exact) mass is 216 g/mol. The second-order valence-electron chi connectivity index (χ2n) is 3.36. The van der Waals surface area contributed by atoms with E-state index < -0.39 is 0 Å². The van der Waals surface area contributed by atoms with E-state index in [0.29, 0.717) is 0 Å². The van der Waals surface area contributed by atoms with E-state index in [1.165, 1.54) is 0 Å². The van der Waals surface area contributed by atoms with Crippen molar-refractivity contribution in [3.05, 3.63) is 53.6 Å². The predicted octanol–water partition coefficient (Wildman–Crippen LogP) is 1.98. The van der Waals surface area contributed by atoms with Crippen LogP contribution in [0.5, 0.6) is 0 Å². The van der Waals surface area contributed by atoms with Crippen molar-refractivity contribution < 1.29 is 5.02 Å². The Morgan fingerprint density at radius 1 is 0.800 bits per heavy atom. The van der Waals surface area contributed by atoms with Crippen molar-refractivity contribution in [3.63, 3.8) is 0 Å². The molecule has 74 valence electrons. The lowest BCUT2D eigenvalue weighted by atomic mass is 9.87. The molecular weight excluding hydrogens is 206 g/mol. The molecule has 0 aliphatic rings. The minimum atomic E-state index is 0.0842. The van der Waals surface area contributed by atoms with E-state index in [2.05, 4.69) is 0 Å². The van der Waals surface area contributed by atoms with Crippen LogP contribution < -0.4 is 5.46 Å². The third-order valence-corrected chi connectivity index (χ3v) is 2.57. The summed E-state index contributed by atoms with van der Waals surface area (Å²) in [5.41, 5.74) is 3.18. The summed E-state index contributed by atoms with van der Waals surface area (Å²) in [7, 11) is 0.0842. The van der Waals surface area contributed by atoms with Crippen LogP contribution >= 0.6 is 11.6 Å². The highest BCUT2D eigenvalue weighted by Gasteiger charge is 1.98. The van der Waals surface area contributed by atoms with Gasteiger partial charge in [-0.3, -0.25) is 0 Å². The number of hydrogen-bond donors (Lipinski definition) is 1. The smallest absolute Gasteiger partial charge is 0.304 e. The second kappa shape index (κ2) is 4.52. The number of benzene rings is 2. The Morgan fingerprint density at radius 2 is 1.27 bits per heavy atom. The highest BCUT2D eigenvalue weighted by atomic mass is 35.5. The van der Waals surface area contributed by atoms with Gasteiger partial charge in [-0.25, -0.2) is 0 Å². The molecule has 2 aromatic carbocycles. The van der Waals surface area contributed by atoms with Crippen LogP contribution in [0.4, 0.5) is 0 Å². The van der Waals surface area contributed by atoms with E-state index in [4.69, 9.17) is 16.6 Å². The van der Waals surface area contributed by atoms with Gasteiger partial charge < -0.3 is 5.02 Å². The number of halogens is 1. The maximum Gasteiger partial charge on any atom is 0.304 e. The summed E-state index contributed by atoms with van der Waals surface area (Å²) in [5.74, 6) is 0. The van der Waals surface area contributed by atoms with Gasteiger partial charge in [0, 0.05) is 5.02 Å². The van der Waals surface area contributed by atoms with E-state index in [9.17, 15) is 0 Å². The fourth-order valence-corrected chi connectivity index (χ4v) is 1.57. The van der Waals surface area contributed by atoms with Crippen LogP contribution in [0.1, 0.15) is 0 Å². The molecule has 1 N–H and O–H groups in total. The molecule has 0 heterocycles. The standard InChI is InChI=1S/C12H10BClO/c14-12-7-3-10(4-8-12)9-1-5-11(13-15)6-2-9/h1-8,13,15H. The van der Waals surface area contributed by atoms with Crippen molar-refractivity contribution in [2.24, 2.45) is 0 Å². The van der Waals surface area contributed by atoms with Crippen molar-refractivity contribution in [3.8, 4) is 11.1 Å². The van der Waals surface area contributed by atoms with Crippen LogP contribution in [0.3, 0.4) is 0 Å². The van der Waals surface area contributed by atoms with Crippen LogP contribution in [0.25, 0.3) is 11.1 Å². The van der Waals surface area contributed by atoms with Gasteiger partial charge in [0.25, 0.3) is 0 Å². The van der Waals surface area contributed by atoms with E-state index in [0.717, 1.165) is 21.6 Å². The summed E-state index contributed by atoms with van der Waals surface area (Å²) in [4.78, 5) is 0. The lowest BCUT2D eigenvalue weighted by Crippen LogP contribution is -2.11. The second-order valence-corrected chi connectivity index (χ2v) is 3.80. The molecule has 2 aromatic rings. The van der Waals surface area contributed by atoms with Crippen molar-refractivity contribution >= 4 is 24.5 Å². The summed E-state index contributed by atoms with van der Waals surface area (Å²) in [6.07, 6.45) is 0. The highest BCUT2D eigenvalue weighted by Crippen LogP contribution is 2.20. The molecular formula is C12H10BClO. The molecule has 15 heavy (non-hydrogen) atoms. The number of rotatable bonds is 2. The minimum Gasteiger partial charge on any atom is -0.449 e. The quantitative estimate of drug-likeness (QED) is 0.761. The van der Waals surface area contributed by atoms with Gasteiger partial charge in [0.1, 0.15) is 0 Å². The van der Waals surface area contributed by atoms with Crippen LogP contribution in [0.15, 0.2) is 48.5 Å². The zero-order valence-corrected chi connectivity index (χ0v) is 8.91. The molecule has 3 heteroatoms. The third kappa shape index (κ3) is 2.41. The Hall–Kier alpha value is -1.25. The molecule has 0 aliphatic carbocycles. The Balaban J connectivity index is 2.33. The fourth-order valence-electron chi connectivity index (χ4n) is 1.44. The Labute approximate surface area is 94.6 Å². The molecule has 0 spiro atoms. The fraction of sp³-hybridized carbons (Fsp3) is 0. The van der Waals surface area contributed by atoms with Crippen molar-refractivity contribution in [1.29, 1.82) is 0 Å². The first-order valence-electron chi connectivity index (χ1n) is 4.75. The van der Waals surface area contributed by atoms with Crippen molar-refractivity contribution in [2.75, 3.05) is 0 Å². The van der Waals surface area contributed by atoms with Gasteiger partial charge in [0.15, 0.2) is 0 Å². The van der Waals surface area contributed by atoms with Gasteiger partial charge in [-0.1, -0.05) is 53.5 Å². The summed E-state index contributed by atoms with van der Waals surface area (Å²) in [5, 5.41) is 9.66. The van der Waals surface area contributed by atoms with E-state index in [-0.39, 0.29) is 7.48 Å². The van der Waals surface area contributed by atoms with Crippen LogP contribution in [0, 0.1) is 0 Å². The summed E-state index contributed by atoms with van der Waals surface area (Å²) >= 11 is 5.81. The van der Waals surface area contributed by atoms with Gasteiger partial charge in [0.05, 0.1) is 0 Å². The average molecular weight is 216 g/mol. The summed E-state index contributed by atoms with van der Waals surface area (Å²) < 4.78 is 0. The van der Waals surface area contributed by atoms with Gasteiger partial charge in [-0.15, -0.1) is 0 Å². The van der Waals surface area contributed by atoms with Crippen LogP contribution in [0.2, 0.25) is 5.02 Å². The summed E-state index contributed by atoms with van der Waals surface area (Å²) in [6, 6.07) is 15.5. The Morgan fingerprint density at radius 3 is 1.73 bits per heavy atom. The first kappa shape index (κ1) is 10.3. The Bertz CT molecular complexity index is 436. The van der Waals surface area contributed by atoms with E-state index >= 15 is 0 Å². The molecule has 0 unspecified atom stereocenters. The lowest BCUT2D eigenvalue weighted by Gasteiger charge is -2.02. The molecule has 1 nitrogen and oxygen atoms in total. The highest BCUT2D eigenvalue weighted by molar-refractivity contribution is 6.45. The van der Waals surface area contributed by atoms with Gasteiger partial charge in [0.2, 0.25) is 0 Å². The van der Waals surface area contributed by atoms with E-state index in [1.807, 2.05) is 48.5 Å². The molecule has 0 amide bonds. The zero-order valence-electron chi connectivity index (χ0n) is 8.15. The predicted molar refractivity (Wildman–Crippen MR) is 65.9 cm³/mol. The molecule has 0 radical (unpaired) electrons. The SMILES string of the molecule is OBc1ccc(-c2ccc(Cl)cc2)cc1. The molecule has 0 aromatic heterocycles. The molecule has 0 bridgehead atoms. The van der Waals surface area contributed by atoms with Crippen molar-refractivity contribution in [1.82, 2.24) is 0 Å². The normalized spacial score (nSPS) is 10.0. The molecule has 0 fully saturated rings. The molecule has 0 atom stereocenters. The maximum atomic E-state index is 8.92. The zero-order chi connectivity index (χ0) is 10.7. The van der Waals surface area contributed by atoms with E-state index in [1.54, 1.807) is 0 Å². The maximum absolute atomic E-state index is 8.92. The summed E-state index contributed by atoms with van der Waals surface area (Å²) in [6.45, 7) is 0. The Kier molecular flexibility index (Phi) is 3.09. The number of hydrogen-bond acceptors (Lipinski definition) is 1. The van der Waals surface area contributed by atoms with Gasteiger partial charge in [-0.2, -0.15) is 0 Å². The molecule has 0 aliphatic heterocycles. The minimum absolute atomic E-state index is 0.0842. The molecule has 0 saturated carbocycles. The first-order chi connectivity index (χ1) is 7.29. The van der Waals surface area contributed by atoms with Crippen LogP contribution in [-0.4, -0.2) is 12.5 Å². The average Bonchev–Trinajstić information content (AvgIpc) is 2.30. The van der Waals surface area contributed by atoms with Crippen molar-refractivity contribution in [2.45, 2.75) is 0 Å². The first-order valence-corrected chi connectivity index (χ1v) is 5.13.